The Morgan fingerprint density at radius 2 is 2.17 bits per heavy atom. The molecule has 0 spiro atoms. The lowest BCUT2D eigenvalue weighted by Gasteiger charge is -2.07. The molecule has 0 aliphatic rings. The van der Waals surface area contributed by atoms with Crippen LogP contribution in [0.2, 0.25) is 0 Å². The first-order valence-electron chi connectivity index (χ1n) is 4.33. The third-order valence-electron chi connectivity index (χ3n) is 1.89. The summed E-state index contributed by atoms with van der Waals surface area (Å²) in [5.74, 6) is 0.443. The maximum atomic E-state index is 5.54. The Hall–Kier alpha value is -0.900. The van der Waals surface area contributed by atoms with Crippen molar-refractivity contribution in [1.82, 2.24) is 15.0 Å². The molecule has 12 heavy (non-hydrogen) atoms. The van der Waals surface area contributed by atoms with Crippen molar-refractivity contribution in [2.75, 3.05) is 0 Å². The molecule has 0 fully saturated rings. The summed E-state index contributed by atoms with van der Waals surface area (Å²) in [6, 6.07) is 0. The summed E-state index contributed by atoms with van der Waals surface area (Å²) >= 11 is 0. The molecule has 4 heteroatoms. The molecular formula is C8H16N4. The molecule has 0 bridgehead atoms. The summed E-state index contributed by atoms with van der Waals surface area (Å²) < 4.78 is 1.91. The van der Waals surface area contributed by atoms with Crippen LogP contribution in [0.3, 0.4) is 0 Å². The Kier molecular flexibility index (Phi) is 2.81. The molecule has 0 aliphatic heterocycles. The zero-order valence-corrected chi connectivity index (χ0v) is 7.91. The van der Waals surface area contributed by atoms with Crippen molar-refractivity contribution in [3.8, 4) is 0 Å². The molecule has 0 atom stereocenters. The highest BCUT2D eigenvalue weighted by Gasteiger charge is 2.13. The molecule has 68 valence electrons. The molecule has 4 nitrogen and oxygen atoms in total. The summed E-state index contributed by atoms with van der Waals surface area (Å²) in [5.41, 5.74) is 7.63. The predicted molar refractivity (Wildman–Crippen MR) is 47.7 cm³/mol. The van der Waals surface area contributed by atoms with Crippen LogP contribution in [-0.4, -0.2) is 15.0 Å². The second-order valence-corrected chi connectivity index (χ2v) is 3.10. The van der Waals surface area contributed by atoms with Gasteiger partial charge in [-0.05, 0) is 12.8 Å². The third-order valence-corrected chi connectivity index (χ3v) is 1.89. The lowest BCUT2D eigenvalue weighted by Crippen LogP contribution is -2.07. The zero-order chi connectivity index (χ0) is 9.14. The van der Waals surface area contributed by atoms with Crippen LogP contribution in [-0.2, 0) is 13.1 Å². The van der Waals surface area contributed by atoms with Crippen molar-refractivity contribution in [3.63, 3.8) is 0 Å². The standard InChI is InChI=1S/C8H16N4/c1-4-12-8(6(2)3)7(5-9)10-11-12/h6H,4-5,9H2,1-3H3. The first kappa shape index (κ1) is 9.19. The molecule has 0 amide bonds. The number of aromatic nitrogens is 3. The van der Waals surface area contributed by atoms with E-state index in [1.54, 1.807) is 0 Å². The van der Waals surface area contributed by atoms with E-state index >= 15 is 0 Å². The van der Waals surface area contributed by atoms with Gasteiger partial charge in [0.1, 0.15) is 0 Å². The summed E-state index contributed by atoms with van der Waals surface area (Å²) in [4.78, 5) is 0. The fraction of sp³-hybridized carbons (Fsp3) is 0.750. The van der Waals surface area contributed by atoms with Gasteiger partial charge >= 0.3 is 0 Å². The second-order valence-electron chi connectivity index (χ2n) is 3.10. The Labute approximate surface area is 72.8 Å². The monoisotopic (exact) mass is 168 g/mol. The van der Waals surface area contributed by atoms with Crippen LogP contribution >= 0.6 is 0 Å². The van der Waals surface area contributed by atoms with E-state index in [2.05, 4.69) is 31.1 Å². The minimum Gasteiger partial charge on any atom is -0.325 e. The van der Waals surface area contributed by atoms with Crippen molar-refractivity contribution < 1.29 is 0 Å². The molecule has 1 heterocycles. The minimum absolute atomic E-state index is 0.443. The van der Waals surface area contributed by atoms with E-state index in [0.29, 0.717) is 12.5 Å². The van der Waals surface area contributed by atoms with Crippen molar-refractivity contribution in [3.05, 3.63) is 11.4 Å². The first-order valence-corrected chi connectivity index (χ1v) is 4.33. The highest BCUT2D eigenvalue weighted by molar-refractivity contribution is 5.13. The van der Waals surface area contributed by atoms with Gasteiger partial charge in [-0.1, -0.05) is 19.1 Å². The van der Waals surface area contributed by atoms with Gasteiger partial charge in [-0.3, -0.25) is 0 Å². The van der Waals surface area contributed by atoms with Crippen molar-refractivity contribution in [2.45, 2.75) is 39.8 Å². The number of hydrogen-bond donors (Lipinski definition) is 1. The van der Waals surface area contributed by atoms with Crippen molar-refractivity contribution in [2.24, 2.45) is 5.73 Å². The summed E-state index contributed by atoms with van der Waals surface area (Å²) in [6.07, 6.45) is 0. The molecule has 0 saturated heterocycles. The number of rotatable bonds is 3. The molecule has 0 unspecified atom stereocenters. The Bertz CT molecular complexity index is 230. The molecule has 0 saturated carbocycles. The van der Waals surface area contributed by atoms with Crippen LogP contribution in [0.1, 0.15) is 38.1 Å². The molecule has 2 N–H and O–H groups in total. The third kappa shape index (κ3) is 1.48. The molecular weight excluding hydrogens is 152 g/mol. The van der Waals surface area contributed by atoms with E-state index < -0.39 is 0 Å². The molecule has 1 rings (SSSR count). The average molecular weight is 168 g/mol. The van der Waals surface area contributed by atoms with E-state index in [1.165, 1.54) is 5.69 Å². The number of nitrogens with two attached hydrogens (primary N) is 1. The van der Waals surface area contributed by atoms with Crippen LogP contribution in [0.4, 0.5) is 0 Å². The van der Waals surface area contributed by atoms with Crippen LogP contribution in [0.25, 0.3) is 0 Å². The summed E-state index contributed by atoms with van der Waals surface area (Å²) in [6.45, 7) is 7.66. The number of aryl methyl sites for hydroxylation is 1. The second kappa shape index (κ2) is 3.67. The average Bonchev–Trinajstić information content (AvgIpc) is 2.46. The van der Waals surface area contributed by atoms with Crippen LogP contribution in [0, 0.1) is 0 Å². The predicted octanol–water partition coefficient (Wildman–Crippen LogP) is 0.880. The SMILES string of the molecule is CCn1nnc(CN)c1C(C)C. The quantitative estimate of drug-likeness (QED) is 0.729. The number of hydrogen-bond acceptors (Lipinski definition) is 3. The molecule has 1 aromatic heterocycles. The fourth-order valence-electron chi connectivity index (χ4n) is 1.37. The Morgan fingerprint density at radius 1 is 1.50 bits per heavy atom. The summed E-state index contributed by atoms with van der Waals surface area (Å²) in [7, 11) is 0. The maximum absolute atomic E-state index is 5.54. The van der Waals surface area contributed by atoms with Crippen LogP contribution < -0.4 is 5.73 Å². The molecule has 0 aromatic carbocycles. The fourth-order valence-corrected chi connectivity index (χ4v) is 1.37. The van der Waals surface area contributed by atoms with Gasteiger partial charge in [0.2, 0.25) is 0 Å². The van der Waals surface area contributed by atoms with E-state index in [4.69, 9.17) is 5.73 Å². The minimum atomic E-state index is 0.443. The normalized spacial score (nSPS) is 11.1. The van der Waals surface area contributed by atoms with Gasteiger partial charge in [0.15, 0.2) is 0 Å². The van der Waals surface area contributed by atoms with Crippen LogP contribution in [0.15, 0.2) is 0 Å². The van der Waals surface area contributed by atoms with E-state index in [9.17, 15) is 0 Å². The van der Waals surface area contributed by atoms with Crippen molar-refractivity contribution >= 4 is 0 Å². The zero-order valence-electron chi connectivity index (χ0n) is 7.91. The Balaban J connectivity index is 3.07. The molecule has 0 radical (unpaired) electrons. The molecule has 0 aliphatic carbocycles. The highest BCUT2D eigenvalue weighted by Crippen LogP contribution is 2.16. The van der Waals surface area contributed by atoms with Crippen molar-refractivity contribution in [1.29, 1.82) is 0 Å². The van der Waals surface area contributed by atoms with E-state index in [0.717, 1.165) is 12.2 Å². The van der Waals surface area contributed by atoms with E-state index in [-0.39, 0.29) is 0 Å². The van der Waals surface area contributed by atoms with E-state index in [1.807, 2.05) is 4.68 Å². The van der Waals surface area contributed by atoms with Gasteiger partial charge in [0.05, 0.1) is 11.4 Å². The maximum Gasteiger partial charge on any atom is 0.0997 e. The van der Waals surface area contributed by atoms with Gasteiger partial charge in [-0.2, -0.15) is 0 Å². The number of nitrogens with zero attached hydrogens (tertiary/aromatic N) is 3. The lowest BCUT2D eigenvalue weighted by molar-refractivity contribution is 0.579. The van der Waals surface area contributed by atoms with Gasteiger partial charge in [-0.25, -0.2) is 4.68 Å². The van der Waals surface area contributed by atoms with Crippen LogP contribution in [0.5, 0.6) is 0 Å². The first-order chi connectivity index (χ1) is 5.70. The Morgan fingerprint density at radius 3 is 2.58 bits per heavy atom. The van der Waals surface area contributed by atoms with Gasteiger partial charge in [-0.15, -0.1) is 5.10 Å². The van der Waals surface area contributed by atoms with Gasteiger partial charge in [0, 0.05) is 13.1 Å². The van der Waals surface area contributed by atoms with Gasteiger partial charge < -0.3 is 5.73 Å². The topological polar surface area (TPSA) is 56.7 Å². The summed E-state index contributed by atoms with van der Waals surface area (Å²) in [5, 5.41) is 8.03. The largest absolute Gasteiger partial charge is 0.325 e. The molecule has 1 aromatic rings. The van der Waals surface area contributed by atoms with Gasteiger partial charge in [0.25, 0.3) is 0 Å². The lowest BCUT2D eigenvalue weighted by atomic mass is 10.1. The highest BCUT2D eigenvalue weighted by atomic mass is 15.4. The smallest absolute Gasteiger partial charge is 0.0997 e.